The van der Waals surface area contributed by atoms with Crippen LogP contribution >= 0.6 is 23.2 Å². The van der Waals surface area contributed by atoms with Crippen LogP contribution in [0.4, 0.5) is 11.4 Å². The molecule has 40 heavy (non-hydrogen) atoms. The van der Waals surface area contributed by atoms with E-state index in [1.165, 1.54) is 0 Å². The van der Waals surface area contributed by atoms with E-state index in [0.717, 1.165) is 33.4 Å². The second-order valence-electron chi connectivity index (χ2n) is 9.55. The molecule has 4 rings (SSSR count). The molecule has 0 aliphatic heterocycles. The van der Waals surface area contributed by atoms with Crippen molar-refractivity contribution in [2.75, 3.05) is 23.8 Å². The van der Waals surface area contributed by atoms with Crippen LogP contribution in [0.15, 0.2) is 72.8 Å². The number of ether oxygens (including phenoxy) is 2. The summed E-state index contributed by atoms with van der Waals surface area (Å²) in [5.41, 5.74) is 6.96. The van der Waals surface area contributed by atoms with Crippen molar-refractivity contribution in [1.29, 1.82) is 0 Å². The van der Waals surface area contributed by atoms with Crippen LogP contribution < -0.4 is 20.1 Å². The van der Waals surface area contributed by atoms with Crippen LogP contribution in [0.25, 0.3) is 11.1 Å². The Labute approximate surface area is 244 Å². The topological polar surface area (TPSA) is 76.7 Å². The van der Waals surface area contributed by atoms with E-state index in [4.69, 9.17) is 32.7 Å². The molecule has 4 aromatic rings. The van der Waals surface area contributed by atoms with Crippen molar-refractivity contribution in [1.82, 2.24) is 0 Å². The van der Waals surface area contributed by atoms with E-state index >= 15 is 0 Å². The third-order valence-corrected chi connectivity index (χ3v) is 6.80. The lowest BCUT2D eigenvalue weighted by Gasteiger charge is -2.14. The van der Waals surface area contributed by atoms with Gasteiger partial charge in [-0.2, -0.15) is 0 Å². The predicted molar refractivity (Wildman–Crippen MR) is 162 cm³/mol. The highest BCUT2D eigenvalue weighted by Crippen LogP contribution is 2.29. The summed E-state index contributed by atoms with van der Waals surface area (Å²) in [6.07, 6.45) is 0. The van der Waals surface area contributed by atoms with Crippen molar-refractivity contribution in [2.24, 2.45) is 0 Å². The molecule has 0 saturated carbocycles. The van der Waals surface area contributed by atoms with E-state index in [1.54, 1.807) is 36.4 Å². The number of carbonyl (C=O) groups is 2. The number of hydrogen-bond acceptors (Lipinski definition) is 4. The van der Waals surface area contributed by atoms with Gasteiger partial charge in [0.05, 0.1) is 0 Å². The van der Waals surface area contributed by atoms with Gasteiger partial charge in [-0.05, 0) is 122 Å². The van der Waals surface area contributed by atoms with Crippen molar-refractivity contribution >= 4 is 46.4 Å². The molecular formula is C32H30Cl2N2O4. The maximum absolute atomic E-state index is 12.5. The zero-order chi connectivity index (χ0) is 28.8. The van der Waals surface area contributed by atoms with Gasteiger partial charge in [0.1, 0.15) is 11.5 Å². The molecule has 0 spiro atoms. The molecule has 0 aliphatic carbocycles. The summed E-state index contributed by atoms with van der Waals surface area (Å²) in [6.45, 7) is 7.41. The van der Waals surface area contributed by atoms with Gasteiger partial charge in [0.25, 0.3) is 11.8 Å². The first-order valence-electron chi connectivity index (χ1n) is 12.7. The van der Waals surface area contributed by atoms with Gasteiger partial charge in [-0.1, -0.05) is 35.3 Å². The fourth-order valence-electron chi connectivity index (χ4n) is 4.18. The molecule has 0 fully saturated rings. The molecule has 0 radical (unpaired) electrons. The van der Waals surface area contributed by atoms with Crippen molar-refractivity contribution < 1.29 is 19.1 Å². The van der Waals surface area contributed by atoms with Crippen LogP contribution in [-0.2, 0) is 9.59 Å². The Morgan fingerprint density at radius 2 is 0.975 bits per heavy atom. The van der Waals surface area contributed by atoms with E-state index in [2.05, 4.69) is 10.6 Å². The standard InChI is InChI=1S/C32H30Cl2N2O4/c1-19-13-23(5-9-27(19)35-31(37)17-39-29-11-7-25(33)15-21(29)3)24-6-10-28(20(2)14-24)36-32(38)18-40-30-12-8-26(34)16-22(30)4/h5-16H,17-18H2,1-4H3,(H,35,37)(H,36,38). The minimum Gasteiger partial charge on any atom is -0.483 e. The highest BCUT2D eigenvalue weighted by atomic mass is 35.5. The lowest BCUT2D eigenvalue weighted by Crippen LogP contribution is -2.21. The fourth-order valence-corrected chi connectivity index (χ4v) is 4.63. The molecule has 4 aromatic carbocycles. The van der Waals surface area contributed by atoms with E-state index in [1.807, 2.05) is 64.1 Å². The summed E-state index contributed by atoms with van der Waals surface area (Å²) in [7, 11) is 0. The molecular weight excluding hydrogens is 547 g/mol. The quantitative estimate of drug-likeness (QED) is 0.212. The second-order valence-corrected chi connectivity index (χ2v) is 10.4. The summed E-state index contributed by atoms with van der Waals surface area (Å²) < 4.78 is 11.3. The number of aryl methyl sites for hydroxylation is 4. The number of hydrogen-bond donors (Lipinski definition) is 2. The SMILES string of the molecule is Cc1cc(-c2ccc(NC(=O)COc3ccc(Cl)cc3C)c(C)c2)ccc1NC(=O)COc1ccc(Cl)cc1C. The number of carbonyl (C=O) groups excluding carboxylic acids is 2. The molecule has 0 heterocycles. The molecule has 0 aliphatic rings. The van der Waals surface area contributed by atoms with E-state index in [-0.39, 0.29) is 25.0 Å². The molecule has 0 unspecified atom stereocenters. The Balaban J connectivity index is 1.34. The molecule has 8 heteroatoms. The molecule has 2 amide bonds. The van der Waals surface area contributed by atoms with Gasteiger partial charge in [0, 0.05) is 21.4 Å². The van der Waals surface area contributed by atoms with Gasteiger partial charge < -0.3 is 20.1 Å². The zero-order valence-corrected chi connectivity index (χ0v) is 24.2. The van der Waals surface area contributed by atoms with Crippen LogP contribution in [0, 0.1) is 27.7 Å². The number of halogens is 2. The van der Waals surface area contributed by atoms with E-state index in [9.17, 15) is 9.59 Å². The number of benzene rings is 4. The Morgan fingerprint density at radius 3 is 1.32 bits per heavy atom. The van der Waals surface area contributed by atoms with Crippen LogP contribution in [0.2, 0.25) is 10.0 Å². The van der Waals surface area contributed by atoms with Crippen molar-refractivity contribution in [2.45, 2.75) is 27.7 Å². The summed E-state index contributed by atoms with van der Waals surface area (Å²) in [5, 5.41) is 7.05. The van der Waals surface area contributed by atoms with Gasteiger partial charge in [0.15, 0.2) is 13.2 Å². The van der Waals surface area contributed by atoms with Crippen molar-refractivity contribution in [3.63, 3.8) is 0 Å². The largest absolute Gasteiger partial charge is 0.483 e. The number of amides is 2. The normalized spacial score (nSPS) is 10.7. The Morgan fingerprint density at radius 1 is 0.575 bits per heavy atom. The highest BCUT2D eigenvalue weighted by Gasteiger charge is 2.11. The average molecular weight is 578 g/mol. The summed E-state index contributed by atoms with van der Waals surface area (Å²) in [6, 6.07) is 22.2. The minimum atomic E-state index is -0.253. The lowest BCUT2D eigenvalue weighted by atomic mass is 10.00. The van der Waals surface area contributed by atoms with Crippen molar-refractivity contribution in [3.8, 4) is 22.6 Å². The maximum atomic E-state index is 12.5. The average Bonchev–Trinajstić information content (AvgIpc) is 2.90. The molecule has 0 atom stereocenters. The first-order chi connectivity index (χ1) is 19.1. The van der Waals surface area contributed by atoms with Gasteiger partial charge in [-0.3, -0.25) is 9.59 Å². The fraction of sp³-hybridized carbons (Fsp3) is 0.188. The summed E-state index contributed by atoms with van der Waals surface area (Å²) in [5.74, 6) is 0.726. The Kier molecular flexibility index (Phi) is 9.35. The van der Waals surface area contributed by atoms with Gasteiger partial charge >= 0.3 is 0 Å². The lowest BCUT2D eigenvalue weighted by molar-refractivity contribution is -0.118. The van der Waals surface area contributed by atoms with Gasteiger partial charge in [0.2, 0.25) is 0 Å². The Bertz CT molecular complexity index is 1450. The minimum absolute atomic E-state index is 0.111. The van der Waals surface area contributed by atoms with Crippen LogP contribution in [0.3, 0.4) is 0 Å². The third kappa shape index (κ3) is 7.56. The molecule has 206 valence electrons. The van der Waals surface area contributed by atoms with E-state index < -0.39 is 0 Å². The summed E-state index contributed by atoms with van der Waals surface area (Å²) >= 11 is 12.0. The summed E-state index contributed by atoms with van der Waals surface area (Å²) in [4.78, 5) is 25.0. The van der Waals surface area contributed by atoms with Crippen molar-refractivity contribution in [3.05, 3.63) is 105 Å². The molecule has 0 saturated heterocycles. The van der Waals surface area contributed by atoms with E-state index in [0.29, 0.717) is 32.9 Å². The first kappa shape index (κ1) is 29.0. The molecule has 0 bridgehead atoms. The van der Waals surface area contributed by atoms with Crippen LogP contribution in [0.1, 0.15) is 22.3 Å². The Hall–Kier alpha value is -4.00. The van der Waals surface area contributed by atoms with Crippen LogP contribution in [-0.4, -0.2) is 25.0 Å². The number of rotatable bonds is 9. The molecule has 6 nitrogen and oxygen atoms in total. The number of anilines is 2. The maximum Gasteiger partial charge on any atom is 0.262 e. The van der Waals surface area contributed by atoms with Crippen LogP contribution in [0.5, 0.6) is 11.5 Å². The highest BCUT2D eigenvalue weighted by molar-refractivity contribution is 6.31. The molecule has 0 aromatic heterocycles. The smallest absolute Gasteiger partial charge is 0.262 e. The van der Waals surface area contributed by atoms with Gasteiger partial charge in [-0.15, -0.1) is 0 Å². The zero-order valence-electron chi connectivity index (χ0n) is 22.7. The third-order valence-electron chi connectivity index (χ3n) is 6.33. The second kappa shape index (κ2) is 12.9. The predicted octanol–water partition coefficient (Wildman–Crippen LogP) is 7.93. The van der Waals surface area contributed by atoms with Gasteiger partial charge in [-0.25, -0.2) is 0 Å². The molecule has 2 N–H and O–H groups in total. The number of nitrogens with one attached hydrogen (secondary N) is 2. The first-order valence-corrected chi connectivity index (χ1v) is 13.4. The monoisotopic (exact) mass is 576 g/mol.